The molecule has 2 aliphatic heterocycles. The van der Waals surface area contributed by atoms with Gasteiger partial charge in [0.2, 0.25) is 0 Å². The molecule has 2 heterocycles. The molecular weight excluding hydrogens is 252 g/mol. The highest BCUT2D eigenvalue weighted by Gasteiger charge is 2.41. The maximum atomic E-state index is 12.6. The van der Waals surface area contributed by atoms with E-state index in [-0.39, 0.29) is 18.0 Å². The van der Waals surface area contributed by atoms with Crippen LogP contribution in [0.4, 0.5) is 0 Å². The van der Waals surface area contributed by atoms with Crippen LogP contribution in [0, 0.1) is 0 Å². The molecule has 3 aliphatic rings. The molecule has 1 aromatic carbocycles. The number of fused-ring (bicyclic) bond motifs is 5. The van der Waals surface area contributed by atoms with Crippen LogP contribution in [0.2, 0.25) is 0 Å². The van der Waals surface area contributed by atoms with Gasteiger partial charge in [0.25, 0.3) is 0 Å². The van der Waals surface area contributed by atoms with E-state index < -0.39 is 5.60 Å². The summed E-state index contributed by atoms with van der Waals surface area (Å²) in [6, 6.07) is 5.87. The number of benzene rings is 1. The number of ketones is 1. The lowest BCUT2D eigenvalue weighted by Crippen LogP contribution is -2.40. The molecular formula is C17H20O3. The molecule has 0 radical (unpaired) electrons. The largest absolute Gasteiger partial charge is 0.382 e. The van der Waals surface area contributed by atoms with Crippen molar-refractivity contribution < 1.29 is 14.6 Å². The molecule has 20 heavy (non-hydrogen) atoms. The minimum atomic E-state index is -1.13. The molecule has 1 saturated carbocycles. The summed E-state index contributed by atoms with van der Waals surface area (Å²) in [5, 5.41) is 10.6. The van der Waals surface area contributed by atoms with E-state index in [1.165, 1.54) is 11.1 Å². The van der Waals surface area contributed by atoms with E-state index in [0.29, 0.717) is 18.4 Å². The van der Waals surface area contributed by atoms with Gasteiger partial charge in [0.05, 0.1) is 12.2 Å². The van der Waals surface area contributed by atoms with Gasteiger partial charge in [0.1, 0.15) is 5.60 Å². The number of carbonyl (C=O) groups excluding carboxylic acids is 1. The molecule has 3 heteroatoms. The topological polar surface area (TPSA) is 46.5 Å². The van der Waals surface area contributed by atoms with Gasteiger partial charge in [-0.25, -0.2) is 0 Å². The van der Waals surface area contributed by atoms with Crippen molar-refractivity contribution in [3.05, 3.63) is 34.9 Å². The van der Waals surface area contributed by atoms with Gasteiger partial charge in [-0.1, -0.05) is 31.4 Å². The van der Waals surface area contributed by atoms with E-state index in [0.717, 1.165) is 32.1 Å². The zero-order valence-corrected chi connectivity index (χ0v) is 11.6. The second-order valence-corrected chi connectivity index (χ2v) is 6.46. The van der Waals surface area contributed by atoms with Gasteiger partial charge in [0.15, 0.2) is 5.78 Å². The van der Waals surface area contributed by atoms with Gasteiger partial charge in [-0.15, -0.1) is 0 Å². The van der Waals surface area contributed by atoms with Crippen molar-refractivity contribution >= 4 is 5.78 Å². The van der Waals surface area contributed by atoms with Crippen molar-refractivity contribution in [3.8, 4) is 0 Å². The second-order valence-electron chi connectivity index (χ2n) is 6.46. The summed E-state index contributed by atoms with van der Waals surface area (Å²) in [4.78, 5) is 12.6. The maximum absolute atomic E-state index is 12.6. The Morgan fingerprint density at radius 1 is 1.10 bits per heavy atom. The summed E-state index contributed by atoms with van der Waals surface area (Å²) in [6.07, 6.45) is 6.77. The van der Waals surface area contributed by atoms with Crippen molar-refractivity contribution in [2.45, 2.75) is 62.8 Å². The van der Waals surface area contributed by atoms with Crippen LogP contribution in [0.15, 0.2) is 18.2 Å². The van der Waals surface area contributed by atoms with Crippen molar-refractivity contribution in [1.82, 2.24) is 0 Å². The fourth-order valence-corrected chi connectivity index (χ4v) is 4.02. The van der Waals surface area contributed by atoms with E-state index >= 15 is 0 Å². The maximum Gasteiger partial charge on any atom is 0.194 e. The highest BCUT2D eigenvalue weighted by atomic mass is 16.5. The summed E-state index contributed by atoms with van der Waals surface area (Å²) in [7, 11) is 0. The van der Waals surface area contributed by atoms with Crippen LogP contribution in [-0.4, -0.2) is 16.5 Å². The van der Waals surface area contributed by atoms with E-state index in [1.807, 2.05) is 18.2 Å². The normalized spacial score (nSPS) is 30.2. The van der Waals surface area contributed by atoms with E-state index in [2.05, 4.69) is 0 Å². The Morgan fingerprint density at radius 3 is 2.55 bits per heavy atom. The predicted molar refractivity (Wildman–Crippen MR) is 74.6 cm³/mol. The number of hydrogen-bond acceptors (Lipinski definition) is 3. The Bertz CT molecular complexity index is 557. The first kappa shape index (κ1) is 12.5. The molecule has 2 bridgehead atoms. The number of hydrogen-bond donors (Lipinski definition) is 1. The van der Waals surface area contributed by atoms with Crippen LogP contribution < -0.4 is 0 Å². The van der Waals surface area contributed by atoms with Gasteiger partial charge < -0.3 is 9.84 Å². The second kappa shape index (κ2) is 4.40. The summed E-state index contributed by atoms with van der Waals surface area (Å²) < 4.78 is 5.87. The summed E-state index contributed by atoms with van der Waals surface area (Å²) in [6.45, 7) is 0. The minimum absolute atomic E-state index is 0.0947. The van der Waals surface area contributed by atoms with Gasteiger partial charge in [-0.3, -0.25) is 4.79 Å². The smallest absolute Gasteiger partial charge is 0.194 e. The van der Waals surface area contributed by atoms with Gasteiger partial charge >= 0.3 is 0 Å². The fraction of sp³-hybridized carbons (Fsp3) is 0.588. The molecule has 4 rings (SSSR count). The van der Waals surface area contributed by atoms with Gasteiger partial charge in [-0.05, 0) is 42.9 Å². The first-order valence-electron chi connectivity index (χ1n) is 7.74. The van der Waals surface area contributed by atoms with Crippen molar-refractivity contribution in [1.29, 1.82) is 0 Å². The SMILES string of the molecule is O=C(c1ccc2c(c1)C1CCC2O1)C1(O)CCCCC1. The van der Waals surface area contributed by atoms with Gasteiger partial charge in [-0.2, -0.15) is 0 Å². The van der Waals surface area contributed by atoms with Crippen LogP contribution in [0.25, 0.3) is 0 Å². The third-order valence-electron chi connectivity index (χ3n) is 5.17. The van der Waals surface area contributed by atoms with E-state index in [9.17, 15) is 9.90 Å². The van der Waals surface area contributed by atoms with Gasteiger partial charge in [0, 0.05) is 5.56 Å². The molecule has 1 saturated heterocycles. The molecule has 1 aromatic rings. The number of carbonyl (C=O) groups is 1. The fourth-order valence-electron chi connectivity index (χ4n) is 4.02. The Labute approximate surface area is 118 Å². The van der Waals surface area contributed by atoms with E-state index in [1.54, 1.807) is 0 Å². The van der Waals surface area contributed by atoms with Crippen molar-refractivity contribution in [2.24, 2.45) is 0 Å². The first-order valence-corrected chi connectivity index (χ1v) is 7.74. The Hall–Kier alpha value is -1.19. The highest BCUT2D eigenvalue weighted by molar-refractivity contribution is 6.02. The Kier molecular flexibility index (Phi) is 2.76. The monoisotopic (exact) mass is 272 g/mol. The standard InChI is InChI=1S/C17H20O3/c18-16(17(19)8-2-1-3-9-17)11-4-5-12-13(10-11)15-7-6-14(12)20-15/h4-5,10,14-15,19H,1-3,6-9H2. The van der Waals surface area contributed by atoms with Crippen LogP contribution >= 0.6 is 0 Å². The lowest BCUT2D eigenvalue weighted by atomic mass is 9.78. The van der Waals surface area contributed by atoms with Crippen LogP contribution in [0.5, 0.6) is 0 Å². The number of aliphatic hydroxyl groups is 1. The summed E-state index contributed by atoms with van der Waals surface area (Å²) in [5.41, 5.74) is 1.94. The highest BCUT2D eigenvalue weighted by Crippen LogP contribution is 2.50. The lowest BCUT2D eigenvalue weighted by Gasteiger charge is -2.30. The average molecular weight is 272 g/mol. The third kappa shape index (κ3) is 1.76. The average Bonchev–Trinajstić information content (AvgIpc) is 3.09. The Balaban J connectivity index is 1.66. The molecule has 1 aliphatic carbocycles. The minimum Gasteiger partial charge on any atom is -0.382 e. The molecule has 106 valence electrons. The molecule has 0 amide bonds. The number of Topliss-reactive ketones (excluding diaryl/α,β-unsaturated/α-hetero) is 1. The van der Waals surface area contributed by atoms with Crippen molar-refractivity contribution in [3.63, 3.8) is 0 Å². The molecule has 1 N–H and O–H groups in total. The zero-order chi connectivity index (χ0) is 13.7. The molecule has 2 atom stereocenters. The van der Waals surface area contributed by atoms with Crippen molar-refractivity contribution in [2.75, 3.05) is 0 Å². The first-order chi connectivity index (χ1) is 9.67. The Morgan fingerprint density at radius 2 is 1.80 bits per heavy atom. The summed E-state index contributed by atoms with van der Waals surface area (Å²) >= 11 is 0. The molecule has 2 fully saturated rings. The molecule has 3 nitrogen and oxygen atoms in total. The summed E-state index contributed by atoms with van der Waals surface area (Å²) in [5.74, 6) is -0.0947. The lowest BCUT2D eigenvalue weighted by molar-refractivity contribution is 0.0116. The third-order valence-corrected chi connectivity index (χ3v) is 5.17. The quantitative estimate of drug-likeness (QED) is 0.838. The zero-order valence-electron chi connectivity index (χ0n) is 11.6. The molecule has 2 unspecified atom stereocenters. The van der Waals surface area contributed by atoms with Crippen LogP contribution in [0.3, 0.4) is 0 Å². The number of rotatable bonds is 2. The number of ether oxygens (including phenoxy) is 1. The molecule has 0 spiro atoms. The van der Waals surface area contributed by atoms with Crippen LogP contribution in [-0.2, 0) is 4.74 Å². The molecule has 0 aromatic heterocycles. The van der Waals surface area contributed by atoms with E-state index in [4.69, 9.17) is 4.74 Å². The van der Waals surface area contributed by atoms with Crippen LogP contribution in [0.1, 0.15) is 78.6 Å². The predicted octanol–water partition coefficient (Wildman–Crippen LogP) is 3.47.